The summed E-state index contributed by atoms with van der Waals surface area (Å²) in [5.41, 5.74) is 0.454. The van der Waals surface area contributed by atoms with Crippen LogP contribution < -0.4 is 5.32 Å². The van der Waals surface area contributed by atoms with E-state index in [2.05, 4.69) is 12.2 Å². The SMILES string of the molecule is CC1CCCCC1NC(=O)CS(=O)(=O)Cc1ccc(Cl)cc1Cl. The van der Waals surface area contributed by atoms with Crippen LogP contribution in [0.5, 0.6) is 0 Å². The van der Waals surface area contributed by atoms with Gasteiger partial charge in [-0.1, -0.05) is 49.0 Å². The van der Waals surface area contributed by atoms with Gasteiger partial charge in [0.1, 0.15) is 5.75 Å². The number of carbonyl (C=O) groups excluding carboxylic acids is 1. The molecule has 128 valence electrons. The summed E-state index contributed by atoms with van der Waals surface area (Å²) in [5, 5.41) is 3.60. The molecule has 1 aliphatic carbocycles. The lowest BCUT2D eigenvalue weighted by atomic mass is 9.86. The van der Waals surface area contributed by atoms with Crippen molar-refractivity contribution in [2.75, 3.05) is 5.75 Å². The highest BCUT2D eigenvalue weighted by Gasteiger charge is 2.25. The Balaban J connectivity index is 1.96. The Labute approximate surface area is 147 Å². The van der Waals surface area contributed by atoms with Gasteiger partial charge in [-0.05, 0) is 36.5 Å². The number of nitrogens with one attached hydrogen (secondary N) is 1. The van der Waals surface area contributed by atoms with Gasteiger partial charge < -0.3 is 5.32 Å². The lowest BCUT2D eigenvalue weighted by molar-refractivity contribution is -0.119. The number of carbonyl (C=O) groups is 1. The normalized spacial score (nSPS) is 21.9. The third kappa shape index (κ3) is 5.66. The zero-order valence-corrected chi connectivity index (χ0v) is 15.3. The first-order valence-electron chi connectivity index (χ1n) is 7.70. The quantitative estimate of drug-likeness (QED) is 0.852. The van der Waals surface area contributed by atoms with Crippen molar-refractivity contribution >= 4 is 38.9 Å². The van der Waals surface area contributed by atoms with E-state index in [-0.39, 0.29) is 11.8 Å². The first-order chi connectivity index (χ1) is 10.8. The number of benzene rings is 1. The van der Waals surface area contributed by atoms with Crippen LogP contribution in [0.4, 0.5) is 0 Å². The summed E-state index contributed by atoms with van der Waals surface area (Å²) in [6, 6.07) is 4.73. The highest BCUT2D eigenvalue weighted by Crippen LogP contribution is 2.24. The van der Waals surface area contributed by atoms with Crippen LogP contribution in [0.25, 0.3) is 0 Å². The van der Waals surface area contributed by atoms with Gasteiger partial charge >= 0.3 is 0 Å². The molecule has 23 heavy (non-hydrogen) atoms. The molecule has 0 spiro atoms. The standard InChI is InChI=1S/C16H21Cl2NO3S/c1-11-4-2-3-5-15(11)19-16(20)10-23(21,22)9-12-6-7-13(17)8-14(12)18/h6-8,11,15H,2-5,9-10H2,1H3,(H,19,20). The average molecular weight is 378 g/mol. The van der Waals surface area contributed by atoms with Crippen molar-refractivity contribution in [3.05, 3.63) is 33.8 Å². The Morgan fingerprint density at radius 3 is 2.61 bits per heavy atom. The maximum Gasteiger partial charge on any atom is 0.235 e. The first kappa shape index (κ1) is 18.6. The molecule has 7 heteroatoms. The van der Waals surface area contributed by atoms with E-state index in [9.17, 15) is 13.2 Å². The fourth-order valence-electron chi connectivity index (χ4n) is 2.91. The minimum Gasteiger partial charge on any atom is -0.352 e. The van der Waals surface area contributed by atoms with E-state index >= 15 is 0 Å². The summed E-state index contributed by atoms with van der Waals surface area (Å²) < 4.78 is 24.4. The molecule has 1 amide bonds. The van der Waals surface area contributed by atoms with E-state index < -0.39 is 21.5 Å². The van der Waals surface area contributed by atoms with Gasteiger partial charge in [-0.3, -0.25) is 4.79 Å². The Hall–Kier alpha value is -0.780. The van der Waals surface area contributed by atoms with Crippen LogP contribution >= 0.6 is 23.2 Å². The van der Waals surface area contributed by atoms with E-state index in [1.807, 2.05) is 0 Å². The molecular formula is C16H21Cl2NO3S. The predicted octanol–water partition coefficient (Wildman–Crippen LogP) is 3.60. The molecular weight excluding hydrogens is 357 g/mol. The van der Waals surface area contributed by atoms with E-state index in [1.54, 1.807) is 12.1 Å². The van der Waals surface area contributed by atoms with Crippen LogP contribution in [0.3, 0.4) is 0 Å². The molecule has 0 aliphatic heterocycles. The number of hydrogen-bond acceptors (Lipinski definition) is 3. The van der Waals surface area contributed by atoms with E-state index in [1.165, 1.54) is 12.5 Å². The van der Waals surface area contributed by atoms with Crippen LogP contribution in [0.15, 0.2) is 18.2 Å². The van der Waals surface area contributed by atoms with Crippen molar-refractivity contribution in [3.8, 4) is 0 Å². The molecule has 1 aromatic carbocycles. The molecule has 1 aromatic rings. The number of amides is 1. The van der Waals surface area contributed by atoms with Crippen molar-refractivity contribution in [1.29, 1.82) is 0 Å². The van der Waals surface area contributed by atoms with Gasteiger partial charge in [0.05, 0.1) is 5.75 Å². The van der Waals surface area contributed by atoms with Gasteiger partial charge in [-0.2, -0.15) is 0 Å². The number of rotatable bonds is 5. The van der Waals surface area contributed by atoms with Gasteiger partial charge in [0, 0.05) is 16.1 Å². The summed E-state index contributed by atoms with van der Waals surface area (Å²) >= 11 is 11.8. The Morgan fingerprint density at radius 2 is 1.96 bits per heavy atom. The monoisotopic (exact) mass is 377 g/mol. The molecule has 1 N–H and O–H groups in total. The molecule has 2 rings (SSSR count). The van der Waals surface area contributed by atoms with Crippen LogP contribution in [0, 0.1) is 5.92 Å². The topological polar surface area (TPSA) is 63.2 Å². The Kier molecular flexibility index (Phi) is 6.34. The van der Waals surface area contributed by atoms with Gasteiger partial charge in [0.15, 0.2) is 9.84 Å². The van der Waals surface area contributed by atoms with E-state index in [4.69, 9.17) is 23.2 Å². The lowest BCUT2D eigenvalue weighted by Gasteiger charge is -2.29. The van der Waals surface area contributed by atoms with Crippen molar-refractivity contribution in [2.24, 2.45) is 5.92 Å². The maximum atomic E-state index is 12.2. The molecule has 0 aromatic heterocycles. The van der Waals surface area contributed by atoms with Gasteiger partial charge in [0.25, 0.3) is 0 Å². The van der Waals surface area contributed by atoms with Gasteiger partial charge in [-0.25, -0.2) is 8.42 Å². The van der Waals surface area contributed by atoms with Gasteiger partial charge in [-0.15, -0.1) is 0 Å². The second-order valence-electron chi connectivity index (χ2n) is 6.20. The summed E-state index contributed by atoms with van der Waals surface area (Å²) in [4.78, 5) is 12.1. The highest BCUT2D eigenvalue weighted by molar-refractivity contribution is 7.91. The largest absolute Gasteiger partial charge is 0.352 e. The smallest absolute Gasteiger partial charge is 0.235 e. The second-order valence-corrected chi connectivity index (χ2v) is 9.11. The maximum absolute atomic E-state index is 12.2. The molecule has 0 bridgehead atoms. The fraction of sp³-hybridized carbons (Fsp3) is 0.562. The second kappa shape index (κ2) is 7.86. The van der Waals surface area contributed by atoms with Crippen molar-refractivity contribution < 1.29 is 13.2 Å². The third-order valence-electron chi connectivity index (χ3n) is 4.20. The molecule has 2 unspecified atom stereocenters. The zero-order valence-electron chi connectivity index (χ0n) is 13.0. The summed E-state index contributed by atoms with van der Waals surface area (Å²) in [7, 11) is -3.58. The molecule has 1 fully saturated rings. The highest BCUT2D eigenvalue weighted by atomic mass is 35.5. The van der Waals surface area contributed by atoms with E-state index in [0.717, 1.165) is 19.3 Å². The van der Waals surface area contributed by atoms with Crippen molar-refractivity contribution in [3.63, 3.8) is 0 Å². The van der Waals surface area contributed by atoms with Crippen LogP contribution in [0.2, 0.25) is 10.0 Å². The average Bonchev–Trinajstić information content (AvgIpc) is 2.44. The molecule has 0 saturated heterocycles. The third-order valence-corrected chi connectivity index (χ3v) is 6.24. The Morgan fingerprint density at radius 1 is 1.26 bits per heavy atom. The molecule has 0 radical (unpaired) electrons. The van der Waals surface area contributed by atoms with Crippen LogP contribution in [-0.2, 0) is 20.4 Å². The van der Waals surface area contributed by atoms with Crippen LogP contribution in [0.1, 0.15) is 38.2 Å². The molecule has 0 heterocycles. The Bertz CT molecular complexity index is 676. The minimum atomic E-state index is -3.58. The first-order valence-corrected chi connectivity index (χ1v) is 10.3. The zero-order chi connectivity index (χ0) is 17.0. The molecule has 2 atom stereocenters. The van der Waals surface area contributed by atoms with Crippen molar-refractivity contribution in [1.82, 2.24) is 5.32 Å². The predicted molar refractivity (Wildman–Crippen MR) is 93.5 cm³/mol. The number of sulfone groups is 1. The van der Waals surface area contributed by atoms with Gasteiger partial charge in [0.2, 0.25) is 5.91 Å². The number of hydrogen-bond donors (Lipinski definition) is 1. The molecule has 1 aliphatic rings. The molecule has 1 saturated carbocycles. The minimum absolute atomic E-state index is 0.0746. The van der Waals surface area contributed by atoms with E-state index in [0.29, 0.717) is 21.5 Å². The summed E-state index contributed by atoms with van der Waals surface area (Å²) in [6.45, 7) is 2.09. The van der Waals surface area contributed by atoms with Crippen LogP contribution in [-0.4, -0.2) is 26.1 Å². The summed E-state index contributed by atoms with van der Waals surface area (Å²) in [5.74, 6) is -0.832. The van der Waals surface area contributed by atoms with Crippen molar-refractivity contribution in [2.45, 2.75) is 44.4 Å². The number of halogens is 2. The summed E-state index contributed by atoms with van der Waals surface area (Å²) in [6.07, 6.45) is 4.22. The molecule has 4 nitrogen and oxygen atoms in total. The lowest BCUT2D eigenvalue weighted by Crippen LogP contribution is -2.43. The fourth-order valence-corrected chi connectivity index (χ4v) is 4.77.